The van der Waals surface area contributed by atoms with Gasteiger partial charge < -0.3 is 15.3 Å². The van der Waals surface area contributed by atoms with Gasteiger partial charge in [0.15, 0.2) is 0 Å². The minimum atomic E-state index is -0.861. The molecule has 0 bridgehead atoms. The molecule has 0 aromatic heterocycles. The standard InChI is InChI=1S/C13H14ClIN2O3/c1-7-5-17(6-9(7)12(18)19)13(20)16-11-3-2-8(15)4-10(11)14/h2-4,7,9H,5-6H2,1H3,(H,16,20)(H,18,19). The summed E-state index contributed by atoms with van der Waals surface area (Å²) in [4.78, 5) is 24.7. The Kier molecular flexibility index (Phi) is 4.74. The smallest absolute Gasteiger partial charge is 0.321 e. The number of halogens is 2. The largest absolute Gasteiger partial charge is 0.481 e. The van der Waals surface area contributed by atoms with E-state index in [1.807, 2.05) is 13.0 Å². The summed E-state index contributed by atoms with van der Waals surface area (Å²) in [6.45, 7) is 2.50. The van der Waals surface area contributed by atoms with E-state index in [1.165, 1.54) is 4.90 Å². The molecule has 2 atom stereocenters. The molecule has 5 nitrogen and oxygen atoms in total. The summed E-state index contributed by atoms with van der Waals surface area (Å²) < 4.78 is 0.978. The lowest BCUT2D eigenvalue weighted by molar-refractivity contribution is -0.142. The molecule has 0 spiro atoms. The van der Waals surface area contributed by atoms with Gasteiger partial charge in [0.1, 0.15) is 0 Å². The Balaban J connectivity index is 2.04. The number of carboxylic acids is 1. The summed E-state index contributed by atoms with van der Waals surface area (Å²) in [7, 11) is 0. The first kappa shape index (κ1) is 15.4. The maximum Gasteiger partial charge on any atom is 0.321 e. The van der Waals surface area contributed by atoms with E-state index in [2.05, 4.69) is 27.9 Å². The number of nitrogens with zero attached hydrogens (tertiary/aromatic N) is 1. The maximum atomic E-state index is 12.1. The average Bonchev–Trinajstić information content (AvgIpc) is 2.75. The monoisotopic (exact) mass is 408 g/mol. The number of anilines is 1. The zero-order valence-corrected chi connectivity index (χ0v) is 13.7. The lowest BCUT2D eigenvalue weighted by Crippen LogP contribution is -2.33. The molecule has 0 radical (unpaired) electrons. The van der Waals surface area contributed by atoms with Gasteiger partial charge in [0.2, 0.25) is 0 Å². The normalized spacial score (nSPS) is 21.9. The molecule has 108 valence electrons. The molecule has 1 fully saturated rings. The molecular weight excluding hydrogens is 395 g/mol. The fourth-order valence-electron chi connectivity index (χ4n) is 2.24. The zero-order chi connectivity index (χ0) is 14.9. The van der Waals surface area contributed by atoms with Crippen LogP contribution in [0.25, 0.3) is 0 Å². The minimum absolute atomic E-state index is 0.0505. The summed E-state index contributed by atoms with van der Waals surface area (Å²) >= 11 is 8.19. The van der Waals surface area contributed by atoms with Crippen LogP contribution in [-0.4, -0.2) is 35.1 Å². The Hall–Kier alpha value is -1.02. The molecule has 7 heteroatoms. The molecule has 1 aromatic rings. The molecule has 2 rings (SSSR count). The van der Waals surface area contributed by atoms with E-state index in [0.717, 1.165) is 3.57 Å². The second-order valence-corrected chi connectivity index (χ2v) is 6.53. The van der Waals surface area contributed by atoms with Gasteiger partial charge in [0.05, 0.1) is 16.6 Å². The molecule has 1 heterocycles. The zero-order valence-electron chi connectivity index (χ0n) is 10.8. The van der Waals surface area contributed by atoms with Crippen molar-refractivity contribution in [2.75, 3.05) is 18.4 Å². The van der Waals surface area contributed by atoms with Crippen molar-refractivity contribution in [3.05, 3.63) is 26.8 Å². The van der Waals surface area contributed by atoms with Crippen molar-refractivity contribution < 1.29 is 14.7 Å². The van der Waals surface area contributed by atoms with Crippen molar-refractivity contribution >= 4 is 51.9 Å². The molecule has 20 heavy (non-hydrogen) atoms. The molecule has 1 aliphatic rings. The first-order valence-electron chi connectivity index (χ1n) is 6.12. The highest BCUT2D eigenvalue weighted by Crippen LogP contribution is 2.27. The number of carbonyl (C=O) groups is 2. The predicted octanol–water partition coefficient (Wildman–Crippen LogP) is 3.13. The van der Waals surface area contributed by atoms with E-state index in [9.17, 15) is 9.59 Å². The minimum Gasteiger partial charge on any atom is -0.481 e. The highest BCUT2D eigenvalue weighted by atomic mass is 127. The van der Waals surface area contributed by atoms with E-state index < -0.39 is 11.9 Å². The second-order valence-electron chi connectivity index (χ2n) is 4.88. The van der Waals surface area contributed by atoms with E-state index in [-0.39, 0.29) is 18.5 Å². The van der Waals surface area contributed by atoms with Crippen LogP contribution < -0.4 is 5.32 Å². The highest BCUT2D eigenvalue weighted by Gasteiger charge is 2.37. The van der Waals surface area contributed by atoms with Crippen LogP contribution in [0.3, 0.4) is 0 Å². The maximum absolute atomic E-state index is 12.1. The molecule has 0 aliphatic carbocycles. The van der Waals surface area contributed by atoms with Crippen molar-refractivity contribution in [1.82, 2.24) is 4.90 Å². The van der Waals surface area contributed by atoms with Crippen LogP contribution in [0.2, 0.25) is 5.02 Å². The van der Waals surface area contributed by atoms with Crippen LogP contribution in [0.1, 0.15) is 6.92 Å². The van der Waals surface area contributed by atoms with Crippen molar-refractivity contribution in [3.8, 4) is 0 Å². The molecule has 0 saturated carbocycles. The quantitative estimate of drug-likeness (QED) is 0.739. The Labute approximate surface area is 135 Å². The van der Waals surface area contributed by atoms with E-state index in [0.29, 0.717) is 17.3 Å². The Morgan fingerprint density at radius 1 is 1.45 bits per heavy atom. The number of benzene rings is 1. The average molecular weight is 409 g/mol. The number of rotatable bonds is 2. The van der Waals surface area contributed by atoms with Crippen LogP contribution >= 0.6 is 34.2 Å². The molecule has 1 aliphatic heterocycles. The molecule has 2 amide bonds. The predicted molar refractivity (Wildman–Crippen MR) is 85.1 cm³/mol. The van der Waals surface area contributed by atoms with E-state index in [1.54, 1.807) is 12.1 Å². The number of aliphatic carboxylic acids is 1. The molecule has 2 N–H and O–H groups in total. The van der Waals surface area contributed by atoms with Gasteiger partial charge in [-0.25, -0.2) is 4.79 Å². The Morgan fingerprint density at radius 2 is 2.15 bits per heavy atom. The Morgan fingerprint density at radius 3 is 2.70 bits per heavy atom. The fraction of sp³-hybridized carbons (Fsp3) is 0.385. The van der Waals surface area contributed by atoms with Gasteiger partial charge in [0.25, 0.3) is 0 Å². The first-order valence-corrected chi connectivity index (χ1v) is 7.58. The summed E-state index contributed by atoms with van der Waals surface area (Å²) in [6.07, 6.45) is 0. The topological polar surface area (TPSA) is 69.6 Å². The van der Waals surface area contributed by atoms with Gasteiger partial charge in [-0.1, -0.05) is 18.5 Å². The van der Waals surface area contributed by atoms with Gasteiger partial charge in [0, 0.05) is 16.7 Å². The van der Waals surface area contributed by atoms with Crippen LogP contribution in [0.5, 0.6) is 0 Å². The van der Waals surface area contributed by atoms with Gasteiger partial charge in [-0.3, -0.25) is 4.79 Å². The number of hydrogen-bond acceptors (Lipinski definition) is 2. The van der Waals surface area contributed by atoms with Crippen molar-refractivity contribution in [2.24, 2.45) is 11.8 Å². The van der Waals surface area contributed by atoms with Gasteiger partial charge in [-0.15, -0.1) is 0 Å². The van der Waals surface area contributed by atoms with Crippen molar-refractivity contribution in [2.45, 2.75) is 6.92 Å². The fourth-order valence-corrected chi connectivity index (χ4v) is 3.14. The van der Waals surface area contributed by atoms with Crippen molar-refractivity contribution in [1.29, 1.82) is 0 Å². The third kappa shape index (κ3) is 3.35. The van der Waals surface area contributed by atoms with E-state index in [4.69, 9.17) is 16.7 Å². The number of carbonyl (C=O) groups excluding carboxylic acids is 1. The summed E-state index contributed by atoms with van der Waals surface area (Å²) in [5.74, 6) is -1.42. The Bertz CT molecular complexity index is 552. The molecular formula is C13H14ClIN2O3. The third-order valence-electron chi connectivity index (χ3n) is 3.39. The number of carboxylic acid groups (broad SMARTS) is 1. The van der Waals surface area contributed by atoms with Gasteiger partial charge in [-0.05, 0) is 46.7 Å². The number of nitrogens with one attached hydrogen (secondary N) is 1. The summed E-state index contributed by atoms with van der Waals surface area (Å²) in [5, 5.41) is 12.3. The van der Waals surface area contributed by atoms with Crippen molar-refractivity contribution in [3.63, 3.8) is 0 Å². The molecule has 1 saturated heterocycles. The first-order chi connectivity index (χ1) is 9.38. The lowest BCUT2D eigenvalue weighted by Gasteiger charge is -2.17. The third-order valence-corrected chi connectivity index (χ3v) is 4.37. The van der Waals surface area contributed by atoms with Gasteiger partial charge >= 0.3 is 12.0 Å². The van der Waals surface area contributed by atoms with Crippen LogP contribution in [-0.2, 0) is 4.79 Å². The summed E-state index contributed by atoms with van der Waals surface area (Å²) in [6, 6.07) is 5.01. The number of likely N-dealkylation sites (tertiary alicyclic amines) is 1. The number of hydrogen-bond donors (Lipinski definition) is 2. The molecule has 2 unspecified atom stereocenters. The number of amides is 2. The number of urea groups is 1. The molecule has 1 aromatic carbocycles. The van der Waals surface area contributed by atoms with Crippen LogP contribution in [0.4, 0.5) is 10.5 Å². The van der Waals surface area contributed by atoms with E-state index >= 15 is 0 Å². The lowest BCUT2D eigenvalue weighted by atomic mass is 9.99. The summed E-state index contributed by atoms with van der Waals surface area (Å²) in [5.41, 5.74) is 0.531. The van der Waals surface area contributed by atoms with Crippen LogP contribution in [0.15, 0.2) is 18.2 Å². The van der Waals surface area contributed by atoms with Crippen LogP contribution in [0, 0.1) is 15.4 Å². The SMILES string of the molecule is CC1CN(C(=O)Nc2ccc(I)cc2Cl)CC1C(=O)O. The van der Waals surface area contributed by atoms with Gasteiger partial charge in [-0.2, -0.15) is 0 Å². The second kappa shape index (κ2) is 6.17. The highest BCUT2D eigenvalue weighted by molar-refractivity contribution is 14.1.